The van der Waals surface area contributed by atoms with Crippen LogP contribution >= 0.6 is 0 Å². The Morgan fingerprint density at radius 3 is 3.00 bits per heavy atom. The molecule has 0 radical (unpaired) electrons. The zero-order valence-electron chi connectivity index (χ0n) is 10.0. The number of nitrogens with zero attached hydrogens (tertiary/aromatic N) is 2. The number of para-hydroxylation sites is 2. The van der Waals surface area contributed by atoms with Gasteiger partial charge in [-0.2, -0.15) is 9.67 Å². The molecule has 5 heteroatoms. The minimum absolute atomic E-state index is 0.148. The lowest BCUT2D eigenvalue weighted by Crippen LogP contribution is -2.13. The fourth-order valence-corrected chi connectivity index (χ4v) is 1.94. The number of hydrogen-bond acceptors (Lipinski definition) is 3. The SMILES string of the molecule is CCCc1cc(=O)n(-c2nc3ccccc3o2)[nH]1. The Morgan fingerprint density at radius 1 is 1.39 bits per heavy atom. The number of H-pyrrole nitrogens is 1. The lowest BCUT2D eigenvalue weighted by Gasteiger charge is -1.94. The van der Waals surface area contributed by atoms with Crippen molar-refractivity contribution in [2.24, 2.45) is 0 Å². The molecule has 2 aromatic heterocycles. The highest BCUT2D eigenvalue weighted by Crippen LogP contribution is 2.16. The Morgan fingerprint density at radius 2 is 2.22 bits per heavy atom. The van der Waals surface area contributed by atoms with E-state index in [2.05, 4.69) is 17.0 Å². The van der Waals surface area contributed by atoms with Crippen molar-refractivity contribution >= 4 is 11.1 Å². The van der Waals surface area contributed by atoms with Gasteiger partial charge in [-0.05, 0) is 18.6 Å². The first kappa shape index (κ1) is 10.8. The number of aromatic amines is 1. The summed E-state index contributed by atoms with van der Waals surface area (Å²) < 4.78 is 6.89. The summed E-state index contributed by atoms with van der Waals surface area (Å²) in [5.74, 6) is 0. The second-order valence-corrected chi connectivity index (χ2v) is 4.17. The van der Waals surface area contributed by atoms with E-state index in [1.807, 2.05) is 24.3 Å². The molecule has 3 rings (SSSR count). The van der Waals surface area contributed by atoms with Gasteiger partial charge in [-0.3, -0.25) is 9.89 Å². The Balaban J connectivity index is 2.11. The van der Waals surface area contributed by atoms with Crippen LogP contribution in [-0.4, -0.2) is 14.8 Å². The van der Waals surface area contributed by atoms with Crippen molar-refractivity contribution in [2.75, 3.05) is 0 Å². The average molecular weight is 243 g/mol. The third kappa shape index (κ3) is 1.73. The molecule has 3 aromatic rings. The van der Waals surface area contributed by atoms with E-state index < -0.39 is 0 Å². The van der Waals surface area contributed by atoms with Crippen molar-refractivity contribution in [3.63, 3.8) is 0 Å². The van der Waals surface area contributed by atoms with Gasteiger partial charge in [0.05, 0.1) is 0 Å². The van der Waals surface area contributed by atoms with Gasteiger partial charge in [0.2, 0.25) is 0 Å². The third-order valence-electron chi connectivity index (χ3n) is 2.77. The molecule has 0 saturated carbocycles. The first-order valence-corrected chi connectivity index (χ1v) is 5.95. The molecule has 0 unspecified atom stereocenters. The van der Waals surface area contributed by atoms with Gasteiger partial charge in [0.1, 0.15) is 5.52 Å². The second kappa shape index (κ2) is 4.18. The molecule has 92 valence electrons. The standard InChI is InChI=1S/C13H13N3O2/c1-2-5-9-8-12(17)16(15-9)13-14-10-6-3-4-7-11(10)18-13/h3-4,6-8,15H,2,5H2,1H3. The van der Waals surface area contributed by atoms with Crippen molar-refractivity contribution in [1.29, 1.82) is 0 Å². The molecule has 5 nitrogen and oxygen atoms in total. The molecule has 0 bridgehead atoms. The Labute approximate surface area is 103 Å². The van der Waals surface area contributed by atoms with Crippen molar-refractivity contribution in [3.05, 3.63) is 46.4 Å². The quantitative estimate of drug-likeness (QED) is 0.767. The van der Waals surface area contributed by atoms with E-state index in [4.69, 9.17) is 4.42 Å². The van der Waals surface area contributed by atoms with Gasteiger partial charge >= 0.3 is 6.01 Å². The summed E-state index contributed by atoms with van der Waals surface area (Å²) in [4.78, 5) is 16.1. The fourth-order valence-electron chi connectivity index (χ4n) is 1.94. The van der Waals surface area contributed by atoms with E-state index in [9.17, 15) is 4.79 Å². The van der Waals surface area contributed by atoms with Gasteiger partial charge in [0.25, 0.3) is 5.56 Å². The van der Waals surface area contributed by atoms with Crippen LogP contribution in [0, 0.1) is 0 Å². The minimum Gasteiger partial charge on any atom is -0.422 e. The predicted octanol–water partition coefficient (Wildman–Crippen LogP) is 2.26. The molecule has 0 saturated heterocycles. The first-order chi connectivity index (χ1) is 8.78. The molecule has 0 amide bonds. The van der Waals surface area contributed by atoms with Crippen LogP contribution in [0.15, 0.2) is 39.5 Å². The molecular formula is C13H13N3O2. The maximum Gasteiger partial charge on any atom is 0.325 e. The number of oxazole rings is 1. The molecular weight excluding hydrogens is 230 g/mol. The van der Waals surface area contributed by atoms with Crippen LogP contribution < -0.4 is 5.56 Å². The molecule has 0 aliphatic heterocycles. The second-order valence-electron chi connectivity index (χ2n) is 4.17. The molecule has 0 aliphatic rings. The van der Waals surface area contributed by atoms with Gasteiger partial charge in [-0.1, -0.05) is 25.5 Å². The normalized spacial score (nSPS) is 11.2. The molecule has 0 spiro atoms. The first-order valence-electron chi connectivity index (χ1n) is 5.95. The Bertz CT molecular complexity index is 703. The predicted molar refractivity (Wildman–Crippen MR) is 68.0 cm³/mol. The van der Waals surface area contributed by atoms with Crippen LogP contribution in [0.25, 0.3) is 17.1 Å². The van der Waals surface area contributed by atoms with E-state index >= 15 is 0 Å². The van der Waals surface area contributed by atoms with Crippen LogP contribution in [-0.2, 0) is 6.42 Å². The summed E-state index contributed by atoms with van der Waals surface area (Å²) in [6.07, 6.45) is 1.82. The smallest absolute Gasteiger partial charge is 0.325 e. The lowest BCUT2D eigenvalue weighted by molar-refractivity contribution is 0.534. The van der Waals surface area contributed by atoms with Crippen molar-refractivity contribution in [1.82, 2.24) is 14.8 Å². The van der Waals surface area contributed by atoms with E-state index in [0.717, 1.165) is 24.1 Å². The van der Waals surface area contributed by atoms with Crippen molar-refractivity contribution in [3.8, 4) is 6.01 Å². The number of aromatic nitrogens is 3. The van der Waals surface area contributed by atoms with Gasteiger partial charge in [0, 0.05) is 11.8 Å². The van der Waals surface area contributed by atoms with Crippen molar-refractivity contribution in [2.45, 2.75) is 19.8 Å². The van der Waals surface area contributed by atoms with Gasteiger partial charge < -0.3 is 4.42 Å². The van der Waals surface area contributed by atoms with Gasteiger partial charge in [-0.25, -0.2) is 0 Å². The monoisotopic (exact) mass is 243 g/mol. The highest BCUT2D eigenvalue weighted by Gasteiger charge is 2.11. The van der Waals surface area contributed by atoms with Crippen LogP contribution in [0.2, 0.25) is 0 Å². The fraction of sp³-hybridized carbons (Fsp3) is 0.231. The van der Waals surface area contributed by atoms with Crippen LogP contribution in [0.5, 0.6) is 0 Å². The summed E-state index contributed by atoms with van der Waals surface area (Å²) in [7, 11) is 0. The van der Waals surface area contributed by atoms with Crippen LogP contribution in [0.4, 0.5) is 0 Å². The maximum absolute atomic E-state index is 11.8. The summed E-state index contributed by atoms with van der Waals surface area (Å²) >= 11 is 0. The number of rotatable bonds is 3. The molecule has 1 N–H and O–H groups in total. The highest BCUT2D eigenvalue weighted by molar-refractivity contribution is 5.73. The molecule has 18 heavy (non-hydrogen) atoms. The van der Waals surface area contributed by atoms with E-state index in [1.54, 1.807) is 6.07 Å². The summed E-state index contributed by atoms with van der Waals surface area (Å²) in [5.41, 5.74) is 2.16. The summed E-state index contributed by atoms with van der Waals surface area (Å²) in [6.45, 7) is 2.06. The number of hydrogen-bond donors (Lipinski definition) is 1. The Hall–Kier alpha value is -2.30. The third-order valence-corrected chi connectivity index (χ3v) is 2.77. The van der Waals surface area contributed by atoms with Crippen molar-refractivity contribution < 1.29 is 4.42 Å². The number of nitrogens with one attached hydrogen (secondary N) is 1. The van der Waals surface area contributed by atoms with Gasteiger partial charge in [0.15, 0.2) is 5.58 Å². The highest BCUT2D eigenvalue weighted by atomic mass is 16.4. The number of aryl methyl sites for hydroxylation is 1. The largest absolute Gasteiger partial charge is 0.422 e. The minimum atomic E-state index is -0.148. The van der Waals surface area contributed by atoms with Crippen LogP contribution in [0.3, 0.4) is 0 Å². The molecule has 2 heterocycles. The maximum atomic E-state index is 11.8. The molecule has 1 aromatic carbocycles. The van der Waals surface area contributed by atoms with E-state index in [0.29, 0.717) is 5.58 Å². The van der Waals surface area contributed by atoms with Crippen LogP contribution in [0.1, 0.15) is 19.0 Å². The van der Waals surface area contributed by atoms with Gasteiger partial charge in [-0.15, -0.1) is 0 Å². The summed E-state index contributed by atoms with van der Waals surface area (Å²) in [6, 6.07) is 9.30. The zero-order chi connectivity index (χ0) is 12.5. The van der Waals surface area contributed by atoms with E-state index in [-0.39, 0.29) is 11.6 Å². The molecule has 0 fully saturated rings. The molecule has 0 atom stereocenters. The number of benzene rings is 1. The Kier molecular flexibility index (Phi) is 2.51. The number of fused-ring (bicyclic) bond motifs is 1. The average Bonchev–Trinajstić information content (AvgIpc) is 2.92. The summed E-state index contributed by atoms with van der Waals surface area (Å²) in [5, 5.41) is 3.01. The lowest BCUT2D eigenvalue weighted by atomic mass is 10.3. The topological polar surface area (TPSA) is 63.8 Å². The zero-order valence-corrected chi connectivity index (χ0v) is 10.0. The molecule has 0 aliphatic carbocycles. The van der Waals surface area contributed by atoms with E-state index in [1.165, 1.54) is 4.68 Å².